The number of hydrogen-bond donors (Lipinski definition) is 0. The van der Waals surface area contributed by atoms with Crippen molar-refractivity contribution in [2.75, 3.05) is 32.7 Å². The summed E-state index contributed by atoms with van der Waals surface area (Å²) in [5.74, 6) is 0.239. The molecule has 1 fully saturated rings. The Bertz CT molecular complexity index is 866. The number of rotatable bonds is 6. The van der Waals surface area contributed by atoms with Gasteiger partial charge in [-0.15, -0.1) is 0 Å². The normalized spacial score (nSPS) is 16.0. The van der Waals surface area contributed by atoms with E-state index in [1.807, 2.05) is 0 Å². The molecule has 0 radical (unpaired) electrons. The Balaban J connectivity index is 1.69. The van der Waals surface area contributed by atoms with E-state index in [4.69, 9.17) is 4.42 Å². The average molecular weight is 391 g/mol. The van der Waals surface area contributed by atoms with Crippen LogP contribution in [0.4, 0.5) is 0 Å². The van der Waals surface area contributed by atoms with E-state index in [9.17, 15) is 13.2 Å². The quantitative estimate of drug-likeness (QED) is 0.758. The Morgan fingerprint density at radius 3 is 2.37 bits per heavy atom. The van der Waals surface area contributed by atoms with Gasteiger partial charge in [-0.1, -0.05) is 32.0 Å². The number of piperazine rings is 1. The van der Waals surface area contributed by atoms with Crippen molar-refractivity contribution >= 4 is 15.7 Å². The summed E-state index contributed by atoms with van der Waals surface area (Å²) < 4.78 is 30.6. The maximum Gasteiger partial charge on any atom is 0.289 e. The zero-order valence-electron chi connectivity index (χ0n) is 15.8. The fourth-order valence-corrected chi connectivity index (χ4v) is 4.72. The number of furan rings is 1. The second kappa shape index (κ2) is 8.27. The van der Waals surface area contributed by atoms with Gasteiger partial charge >= 0.3 is 0 Å². The first-order valence-corrected chi connectivity index (χ1v) is 10.9. The molecule has 1 aromatic heterocycles. The standard InChI is InChI=1S/C20H26N2O4S/c1-16(2)14-21-9-11-22(12-10-21)20(23)19-17(8-13-26-19)15-27(24,25)18-6-4-3-5-7-18/h3-8,13,16H,9-12,14-15H2,1-2H3. The predicted molar refractivity (Wildman–Crippen MR) is 103 cm³/mol. The van der Waals surface area contributed by atoms with Gasteiger partial charge in [-0.25, -0.2) is 8.42 Å². The number of hydrogen-bond acceptors (Lipinski definition) is 5. The van der Waals surface area contributed by atoms with Crippen molar-refractivity contribution < 1.29 is 17.6 Å². The van der Waals surface area contributed by atoms with E-state index >= 15 is 0 Å². The summed E-state index contributed by atoms with van der Waals surface area (Å²) in [7, 11) is -3.53. The van der Waals surface area contributed by atoms with E-state index in [2.05, 4.69) is 18.7 Å². The lowest BCUT2D eigenvalue weighted by Crippen LogP contribution is -2.49. The number of benzene rings is 1. The number of sulfone groups is 1. The van der Waals surface area contributed by atoms with Gasteiger partial charge < -0.3 is 9.32 Å². The van der Waals surface area contributed by atoms with Crippen LogP contribution in [0.15, 0.2) is 52.0 Å². The summed E-state index contributed by atoms with van der Waals surface area (Å²) in [5, 5.41) is 0. The van der Waals surface area contributed by atoms with Crippen LogP contribution in [-0.2, 0) is 15.6 Å². The van der Waals surface area contributed by atoms with Gasteiger partial charge in [0.05, 0.1) is 16.9 Å². The van der Waals surface area contributed by atoms with Crippen molar-refractivity contribution in [1.29, 1.82) is 0 Å². The monoisotopic (exact) mass is 390 g/mol. The lowest BCUT2D eigenvalue weighted by atomic mass is 10.2. The molecule has 0 spiro atoms. The van der Waals surface area contributed by atoms with Crippen molar-refractivity contribution in [3.8, 4) is 0 Å². The van der Waals surface area contributed by atoms with Gasteiger partial charge in [0.25, 0.3) is 5.91 Å². The third kappa shape index (κ3) is 4.78. The third-order valence-corrected chi connectivity index (χ3v) is 6.35. The molecular formula is C20H26N2O4S. The van der Waals surface area contributed by atoms with Gasteiger partial charge in [0.15, 0.2) is 15.6 Å². The SMILES string of the molecule is CC(C)CN1CCN(C(=O)c2occc2CS(=O)(=O)c2ccccc2)CC1. The van der Waals surface area contributed by atoms with E-state index in [0.29, 0.717) is 24.6 Å². The lowest BCUT2D eigenvalue weighted by Gasteiger charge is -2.35. The Morgan fingerprint density at radius 1 is 1.07 bits per heavy atom. The Labute approximate surface area is 160 Å². The van der Waals surface area contributed by atoms with Crippen LogP contribution in [0, 0.1) is 5.92 Å². The van der Waals surface area contributed by atoms with Crippen LogP contribution in [0.5, 0.6) is 0 Å². The molecule has 0 saturated carbocycles. The van der Waals surface area contributed by atoms with Crippen molar-refractivity contribution in [3.05, 3.63) is 54.0 Å². The van der Waals surface area contributed by atoms with Gasteiger partial charge in [-0.05, 0) is 24.1 Å². The zero-order valence-corrected chi connectivity index (χ0v) is 16.6. The van der Waals surface area contributed by atoms with Crippen LogP contribution in [-0.4, -0.2) is 56.8 Å². The molecular weight excluding hydrogens is 364 g/mol. The van der Waals surface area contributed by atoms with Gasteiger partial charge in [0.2, 0.25) is 0 Å². The van der Waals surface area contributed by atoms with Crippen molar-refractivity contribution in [3.63, 3.8) is 0 Å². The molecule has 0 aliphatic carbocycles. The first-order chi connectivity index (χ1) is 12.9. The Hall–Kier alpha value is -2.12. The first-order valence-electron chi connectivity index (χ1n) is 9.22. The molecule has 1 aromatic carbocycles. The molecule has 27 heavy (non-hydrogen) atoms. The Morgan fingerprint density at radius 2 is 1.74 bits per heavy atom. The van der Waals surface area contributed by atoms with Crippen LogP contribution in [0.3, 0.4) is 0 Å². The molecule has 2 heterocycles. The van der Waals surface area contributed by atoms with E-state index in [1.54, 1.807) is 41.3 Å². The van der Waals surface area contributed by atoms with Gasteiger partial charge in [0, 0.05) is 38.3 Å². The minimum Gasteiger partial charge on any atom is -0.459 e. The summed E-state index contributed by atoms with van der Waals surface area (Å²) >= 11 is 0. The molecule has 1 aliphatic rings. The van der Waals surface area contributed by atoms with Crippen molar-refractivity contribution in [2.24, 2.45) is 5.92 Å². The van der Waals surface area contributed by atoms with Crippen LogP contribution in [0.2, 0.25) is 0 Å². The summed E-state index contributed by atoms with van der Waals surface area (Å²) in [5.41, 5.74) is 0.411. The lowest BCUT2D eigenvalue weighted by molar-refractivity contribution is 0.0592. The smallest absolute Gasteiger partial charge is 0.289 e. The van der Waals surface area contributed by atoms with Crippen LogP contribution in [0.1, 0.15) is 30.0 Å². The number of carbonyl (C=O) groups excluding carboxylic acids is 1. The van der Waals surface area contributed by atoms with Gasteiger partial charge in [-0.3, -0.25) is 9.69 Å². The topological polar surface area (TPSA) is 70.8 Å². The molecule has 1 saturated heterocycles. The molecule has 0 atom stereocenters. The molecule has 6 nitrogen and oxygen atoms in total. The third-order valence-electron chi connectivity index (χ3n) is 4.67. The van der Waals surface area contributed by atoms with Gasteiger partial charge in [-0.2, -0.15) is 0 Å². The van der Waals surface area contributed by atoms with E-state index < -0.39 is 9.84 Å². The molecule has 3 rings (SSSR count). The second-order valence-electron chi connectivity index (χ2n) is 7.33. The molecule has 146 valence electrons. The fraction of sp³-hybridized carbons (Fsp3) is 0.450. The highest BCUT2D eigenvalue weighted by Gasteiger charge is 2.28. The molecule has 0 N–H and O–H groups in total. The summed E-state index contributed by atoms with van der Waals surface area (Å²) in [6.45, 7) is 8.27. The molecule has 1 aliphatic heterocycles. The van der Waals surface area contributed by atoms with Crippen LogP contribution >= 0.6 is 0 Å². The second-order valence-corrected chi connectivity index (χ2v) is 9.32. The van der Waals surface area contributed by atoms with E-state index in [1.165, 1.54) is 6.26 Å². The highest BCUT2D eigenvalue weighted by atomic mass is 32.2. The minimum atomic E-state index is -3.53. The number of amides is 1. The van der Waals surface area contributed by atoms with E-state index in [-0.39, 0.29) is 22.3 Å². The van der Waals surface area contributed by atoms with Gasteiger partial charge in [0.1, 0.15) is 0 Å². The maximum atomic E-state index is 12.9. The summed E-state index contributed by atoms with van der Waals surface area (Å²) in [6, 6.07) is 9.83. The molecule has 2 aromatic rings. The largest absolute Gasteiger partial charge is 0.459 e. The molecule has 0 unspecified atom stereocenters. The van der Waals surface area contributed by atoms with E-state index in [0.717, 1.165) is 19.6 Å². The van der Waals surface area contributed by atoms with Crippen LogP contribution in [0.25, 0.3) is 0 Å². The summed E-state index contributed by atoms with van der Waals surface area (Å²) in [6.07, 6.45) is 1.39. The van der Waals surface area contributed by atoms with Crippen molar-refractivity contribution in [1.82, 2.24) is 9.80 Å². The fourth-order valence-electron chi connectivity index (χ4n) is 3.35. The Kier molecular flexibility index (Phi) is 6.01. The zero-order chi connectivity index (χ0) is 19.4. The van der Waals surface area contributed by atoms with Crippen LogP contribution < -0.4 is 0 Å². The van der Waals surface area contributed by atoms with Crippen molar-refractivity contribution in [2.45, 2.75) is 24.5 Å². The summed E-state index contributed by atoms with van der Waals surface area (Å²) in [4.78, 5) is 17.2. The number of nitrogens with zero attached hydrogens (tertiary/aromatic N) is 2. The highest BCUT2D eigenvalue weighted by Crippen LogP contribution is 2.21. The number of carbonyl (C=O) groups is 1. The average Bonchev–Trinajstić information content (AvgIpc) is 3.09. The highest BCUT2D eigenvalue weighted by molar-refractivity contribution is 7.90. The molecule has 0 bridgehead atoms. The molecule has 7 heteroatoms. The minimum absolute atomic E-state index is 0.131. The predicted octanol–water partition coefficient (Wildman–Crippen LogP) is 2.67. The molecule has 1 amide bonds. The first kappa shape index (κ1) is 19.6. The maximum absolute atomic E-state index is 12.9.